The van der Waals surface area contributed by atoms with Gasteiger partial charge in [0.15, 0.2) is 7.14 Å². The van der Waals surface area contributed by atoms with Crippen molar-refractivity contribution in [1.29, 1.82) is 0 Å². The van der Waals surface area contributed by atoms with E-state index in [0.717, 1.165) is 19.3 Å². The van der Waals surface area contributed by atoms with Crippen LogP contribution in [-0.4, -0.2) is 8.42 Å². The summed E-state index contributed by atoms with van der Waals surface area (Å²) in [5.74, 6) is -0.490. The molecule has 3 aromatic rings. The molecule has 0 unspecified atom stereocenters. The molecule has 123 valence electrons. The van der Waals surface area contributed by atoms with Crippen LogP contribution in [0.15, 0.2) is 89.8 Å². The van der Waals surface area contributed by atoms with Gasteiger partial charge in [0, 0.05) is 0 Å². The molecular formula is C18H14FIO3S+. The third-order valence-corrected chi connectivity index (χ3v) is 10.5. The Bertz CT molecular complexity index is 859. The van der Waals surface area contributed by atoms with E-state index < -0.39 is 36.2 Å². The summed E-state index contributed by atoms with van der Waals surface area (Å²) in [6, 6.07) is 23.3. The molecule has 24 heavy (non-hydrogen) atoms. The highest BCUT2D eigenvalue weighted by molar-refractivity contribution is 7.86. The van der Waals surface area contributed by atoms with E-state index in [-0.39, 0.29) is 4.90 Å². The van der Waals surface area contributed by atoms with Crippen LogP contribution in [0.5, 0.6) is 0 Å². The van der Waals surface area contributed by atoms with Crippen LogP contribution >= 0.6 is 0 Å². The molecule has 3 aromatic carbocycles. The van der Waals surface area contributed by atoms with Crippen LogP contribution in [-0.2, 0) is 12.6 Å². The van der Waals surface area contributed by atoms with Crippen molar-refractivity contribution < 1.29 is 35.6 Å². The van der Waals surface area contributed by atoms with Gasteiger partial charge in [-0.25, -0.2) is 4.39 Å². The molecule has 0 saturated heterocycles. The Labute approximate surface area is 148 Å². The van der Waals surface area contributed by atoms with Gasteiger partial charge in [0.05, 0.1) is 4.90 Å². The molecule has 0 aromatic heterocycles. The van der Waals surface area contributed by atoms with Crippen molar-refractivity contribution in [2.45, 2.75) is 4.90 Å². The minimum atomic E-state index is -3.97. The van der Waals surface area contributed by atoms with E-state index in [9.17, 15) is 12.8 Å². The highest BCUT2D eigenvalue weighted by Crippen LogP contribution is 2.10. The van der Waals surface area contributed by atoms with Gasteiger partial charge in [-0.15, -0.1) is 0 Å². The van der Waals surface area contributed by atoms with Crippen LogP contribution < -0.4 is 20.2 Å². The average Bonchev–Trinajstić information content (AvgIpc) is 2.62. The molecule has 0 spiro atoms. The first kappa shape index (κ1) is 17.1. The summed E-state index contributed by atoms with van der Waals surface area (Å²) in [6.45, 7) is 0. The number of hydrogen-bond acceptors (Lipinski definition) is 3. The fourth-order valence-electron chi connectivity index (χ4n) is 1.98. The maximum atomic E-state index is 13.0. The molecule has 1 radical (unpaired) electrons. The van der Waals surface area contributed by atoms with E-state index in [1.165, 1.54) is 12.1 Å². The van der Waals surface area contributed by atoms with Gasteiger partial charge < -0.3 is 0 Å². The monoisotopic (exact) mass is 456 g/mol. The lowest BCUT2D eigenvalue weighted by Gasteiger charge is -2.06. The Balaban J connectivity index is 1.99. The van der Waals surface area contributed by atoms with Crippen molar-refractivity contribution in [1.82, 2.24) is 0 Å². The van der Waals surface area contributed by atoms with E-state index in [2.05, 4.69) is 0 Å². The molecule has 0 saturated carbocycles. The first-order valence-corrected chi connectivity index (χ1v) is 11.5. The lowest BCUT2D eigenvalue weighted by atomic mass is 10.4. The molecule has 0 aliphatic heterocycles. The Morgan fingerprint density at radius 1 is 0.708 bits per heavy atom. The lowest BCUT2D eigenvalue weighted by molar-refractivity contribution is -1.03. The van der Waals surface area contributed by atoms with Gasteiger partial charge in [-0.2, -0.15) is 8.42 Å². The summed E-state index contributed by atoms with van der Waals surface area (Å²) in [7, 11) is -3.97. The van der Waals surface area contributed by atoms with E-state index in [1.807, 2.05) is 60.7 Å². The van der Waals surface area contributed by atoms with Crippen molar-refractivity contribution >= 4 is 10.1 Å². The van der Waals surface area contributed by atoms with Gasteiger partial charge in [0.1, 0.15) is 5.82 Å². The number of hydrogen-bond donors (Lipinski definition) is 0. The third kappa shape index (κ3) is 4.00. The molecule has 3 rings (SSSR count). The third-order valence-electron chi connectivity index (χ3n) is 3.11. The van der Waals surface area contributed by atoms with Gasteiger partial charge in [-0.3, -0.25) is 0 Å². The second-order valence-corrected chi connectivity index (χ2v) is 11.3. The number of halogens is 2. The Morgan fingerprint density at radius 3 is 1.62 bits per heavy atom. The SMILES string of the molecule is O=S(=O)(O[I+](c1ccccc1)c1ccccc1)c1ccc(F)cc1. The minimum absolute atomic E-state index is 0.0435. The van der Waals surface area contributed by atoms with E-state index in [0.29, 0.717) is 0 Å². The largest absolute Gasteiger partial charge is 0.336 e. The smallest absolute Gasteiger partial charge is 0.207 e. The standard InChI is InChI=1S/C18H14FIO3S/c19-15-11-13-18(14-12-15)24(21,22)23-20(16-7-3-1-4-8-16)17-9-5-2-6-10-17/h1-14H/q+1. The zero-order chi connectivity index (χ0) is 17.0. The summed E-state index contributed by atoms with van der Waals surface area (Å²) < 4.78 is 45.6. The van der Waals surface area contributed by atoms with Gasteiger partial charge in [-0.1, -0.05) is 36.4 Å². The second-order valence-electron chi connectivity index (χ2n) is 4.81. The normalized spacial score (nSPS) is 11.6. The van der Waals surface area contributed by atoms with Crippen LogP contribution in [0.25, 0.3) is 0 Å². The maximum Gasteiger partial charge on any atom is 0.336 e. The molecule has 6 heteroatoms. The van der Waals surface area contributed by atoms with Crippen LogP contribution in [0.1, 0.15) is 0 Å². The first-order chi connectivity index (χ1) is 11.6. The van der Waals surface area contributed by atoms with E-state index >= 15 is 0 Å². The summed E-state index contributed by atoms with van der Waals surface area (Å²) >= 11 is -2.65. The average molecular weight is 456 g/mol. The minimum Gasteiger partial charge on any atom is -0.207 e. The summed E-state index contributed by atoms with van der Waals surface area (Å²) in [5, 5.41) is 0. The zero-order valence-corrected chi connectivity index (χ0v) is 15.4. The maximum absolute atomic E-state index is 13.0. The predicted molar refractivity (Wildman–Crippen MR) is 84.9 cm³/mol. The van der Waals surface area contributed by atoms with Crippen molar-refractivity contribution in [3.05, 3.63) is 97.9 Å². The van der Waals surface area contributed by atoms with Crippen molar-refractivity contribution in [2.24, 2.45) is 0 Å². The molecule has 0 amide bonds. The van der Waals surface area contributed by atoms with Crippen molar-refractivity contribution in [3.8, 4) is 0 Å². The van der Waals surface area contributed by atoms with Gasteiger partial charge >= 0.3 is 30.4 Å². The van der Waals surface area contributed by atoms with Gasteiger partial charge in [0.25, 0.3) is 0 Å². The van der Waals surface area contributed by atoms with Gasteiger partial charge in [0.2, 0.25) is 0 Å². The fourth-order valence-corrected chi connectivity index (χ4v) is 8.98. The fraction of sp³-hybridized carbons (Fsp3) is 0. The van der Waals surface area contributed by atoms with E-state index in [1.54, 1.807) is 0 Å². The first-order valence-electron chi connectivity index (χ1n) is 7.07. The van der Waals surface area contributed by atoms with Crippen LogP contribution in [0.3, 0.4) is 0 Å². The molecule has 0 fully saturated rings. The molecule has 0 aliphatic rings. The Morgan fingerprint density at radius 2 is 1.17 bits per heavy atom. The molecule has 0 bridgehead atoms. The van der Waals surface area contributed by atoms with E-state index in [4.69, 9.17) is 2.51 Å². The second kappa shape index (κ2) is 7.42. The number of benzene rings is 3. The predicted octanol–water partition coefficient (Wildman–Crippen LogP) is 0.810. The zero-order valence-electron chi connectivity index (χ0n) is 12.5. The topological polar surface area (TPSA) is 43.4 Å². The molecule has 0 aliphatic carbocycles. The summed E-state index contributed by atoms with van der Waals surface area (Å²) in [5.41, 5.74) is 0. The highest BCUT2D eigenvalue weighted by atomic mass is 127. The molecule has 0 atom stereocenters. The quantitative estimate of drug-likeness (QED) is 0.534. The van der Waals surface area contributed by atoms with Crippen LogP contribution in [0.4, 0.5) is 4.39 Å². The number of rotatable bonds is 5. The lowest BCUT2D eigenvalue weighted by Crippen LogP contribution is -3.85. The van der Waals surface area contributed by atoms with Crippen LogP contribution in [0, 0.1) is 13.0 Å². The molecule has 0 heterocycles. The Kier molecular flexibility index (Phi) is 5.27. The van der Waals surface area contributed by atoms with Gasteiger partial charge in [-0.05, 0) is 51.0 Å². The Hall–Kier alpha value is -1.77. The van der Waals surface area contributed by atoms with Crippen LogP contribution in [0.2, 0.25) is 0 Å². The summed E-state index contributed by atoms with van der Waals surface area (Å²) in [4.78, 5) is -0.0435. The molecule has 3 nitrogen and oxygen atoms in total. The molecular weight excluding hydrogens is 442 g/mol. The summed E-state index contributed by atoms with van der Waals surface area (Å²) in [6.07, 6.45) is 0. The van der Waals surface area contributed by atoms with Crippen molar-refractivity contribution in [3.63, 3.8) is 0 Å². The molecule has 0 N–H and O–H groups in total. The van der Waals surface area contributed by atoms with Crippen molar-refractivity contribution in [2.75, 3.05) is 0 Å². The highest BCUT2D eigenvalue weighted by Gasteiger charge is 2.37.